The third-order valence-electron chi connectivity index (χ3n) is 5.14. The largest absolute Gasteiger partial charge is 0.491 e. The lowest BCUT2D eigenvalue weighted by molar-refractivity contribution is 0.302. The second kappa shape index (κ2) is 10.8. The zero-order valence-corrected chi connectivity index (χ0v) is 17.6. The molecule has 0 fully saturated rings. The van der Waals surface area contributed by atoms with Crippen LogP contribution < -0.4 is 10.4 Å². The first-order valence-electron chi connectivity index (χ1n) is 10.7. The molecule has 0 saturated heterocycles. The van der Waals surface area contributed by atoms with Gasteiger partial charge in [-0.15, -0.1) is 6.58 Å². The molecule has 0 aliphatic heterocycles. The van der Waals surface area contributed by atoms with Crippen molar-refractivity contribution in [3.8, 4) is 5.75 Å². The molecule has 0 saturated carbocycles. The highest BCUT2D eigenvalue weighted by Crippen LogP contribution is 2.25. The molecular formula is C26H29FO3. The van der Waals surface area contributed by atoms with Crippen LogP contribution in [0.4, 0.5) is 4.39 Å². The summed E-state index contributed by atoms with van der Waals surface area (Å²) >= 11 is 0. The lowest BCUT2D eigenvalue weighted by Crippen LogP contribution is -2.07. The smallest absolute Gasteiger partial charge is 0.346 e. The molecule has 0 bridgehead atoms. The lowest BCUT2D eigenvalue weighted by Gasteiger charge is -2.08. The van der Waals surface area contributed by atoms with Crippen molar-refractivity contribution in [3.63, 3.8) is 0 Å². The summed E-state index contributed by atoms with van der Waals surface area (Å²) < 4.78 is 25.3. The Morgan fingerprint density at radius 1 is 1.03 bits per heavy atom. The molecule has 0 N–H and O–H groups in total. The highest BCUT2D eigenvalue weighted by molar-refractivity contribution is 5.83. The quantitative estimate of drug-likeness (QED) is 0.272. The van der Waals surface area contributed by atoms with Gasteiger partial charge in [0.2, 0.25) is 0 Å². The van der Waals surface area contributed by atoms with Crippen molar-refractivity contribution < 1.29 is 13.5 Å². The van der Waals surface area contributed by atoms with Crippen LogP contribution in [0.3, 0.4) is 0 Å². The predicted molar refractivity (Wildman–Crippen MR) is 120 cm³/mol. The summed E-state index contributed by atoms with van der Waals surface area (Å²) in [6.07, 6.45) is 8.24. The van der Waals surface area contributed by atoms with Crippen LogP contribution in [0.1, 0.15) is 49.5 Å². The van der Waals surface area contributed by atoms with E-state index >= 15 is 0 Å². The molecule has 3 nitrogen and oxygen atoms in total. The van der Waals surface area contributed by atoms with Gasteiger partial charge in [-0.3, -0.25) is 0 Å². The topological polar surface area (TPSA) is 39.4 Å². The summed E-state index contributed by atoms with van der Waals surface area (Å²) in [7, 11) is 0. The molecule has 0 radical (unpaired) electrons. The molecule has 0 atom stereocenters. The van der Waals surface area contributed by atoms with Crippen LogP contribution in [0.2, 0.25) is 0 Å². The van der Waals surface area contributed by atoms with Crippen molar-refractivity contribution in [2.75, 3.05) is 6.61 Å². The molecule has 0 unspecified atom stereocenters. The van der Waals surface area contributed by atoms with E-state index in [-0.39, 0.29) is 11.1 Å². The second-order valence-corrected chi connectivity index (χ2v) is 7.54. The number of ether oxygens (including phenoxy) is 1. The maximum absolute atomic E-state index is 14.6. The number of hydrogen-bond donors (Lipinski definition) is 0. The Labute approximate surface area is 177 Å². The number of benzene rings is 2. The van der Waals surface area contributed by atoms with Crippen molar-refractivity contribution in [2.24, 2.45) is 0 Å². The molecule has 2 aromatic carbocycles. The van der Waals surface area contributed by atoms with Gasteiger partial charge in [-0.2, -0.15) is 0 Å². The fraction of sp³-hybridized carbons (Fsp3) is 0.346. The van der Waals surface area contributed by atoms with E-state index in [1.165, 1.54) is 11.1 Å². The number of rotatable bonds is 11. The first kappa shape index (κ1) is 21.8. The van der Waals surface area contributed by atoms with Crippen LogP contribution in [0.5, 0.6) is 5.75 Å². The van der Waals surface area contributed by atoms with Gasteiger partial charge in [0.25, 0.3) is 0 Å². The Morgan fingerprint density at radius 2 is 1.73 bits per heavy atom. The Hall–Kier alpha value is -2.88. The molecule has 3 aromatic rings. The summed E-state index contributed by atoms with van der Waals surface area (Å²) in [5, 5.41) is 0.515. The van der Waals surface area contributed by atoms with Crippen LogP contribution >= 0.6 is 0 Å². The highest BCUT2D eigenvalue weighted by Gasteiger charge is 2.14. The number of halogens is 1. The Bertz CT molecular complexity index is 1030. The van der Waals surface area contributed by atoms with Gasteiger partial charge in [0, 0.05) is 6.42 Å². The summed E-state index contributed by atoms with van der Waals surface area (Å²) in [6.45, 7) is 6.11. The van der Waals surface area contributed by atoms with Crippen LogP contribution in [0, 0.1) is 5.82 Å². The summed E-state index contributed by atoms with van der Waals surface area (Å²) in [4.78, 5) is 12.3. The summed E-state index contributed by atoms with van der Waals surface area (Å²) in [5.74, 6) is 0.0478. The van der Waals surface area contributed by atoms with E-state index < -0.39 is 11.4 Å². The normalized spacial score (nSPS) is 11.0. The van der Waals surface area contributed by atoms with Crippen LogP contribution in [-0.4, -0.2) is 6.61 Å². The molecule has 158 valence electrons. The molecule has 0 aliphatic rings. The van der Waals surface area contributed by atoms with Crippen LogP contribution in [-0.2, 0) is 19.3 Å². The molecule has 4 heteroatoms. The van der Waals surface area contributed by atoms with E-state index in [2.05, 4.69) is 30.8 Å². The minimum atomic E-state index is -0.642. The average molecular weight is 409 g/mol. The molecule has 30 heavy (non-hydrogen) atoms. The number of aryl methyl sites for hydroxylation is 3. The van der Waals surface area contributed by atoms with Gasteiger partial charge < -0.3 is 9.15 Å². The summed E-state index contributed by atoms with van der Waals surface area (Å²) in [6, 6.07) is 13.8. The first-order valence-corrected chi connectivity index (χ1v) is 10.7. The third kappa shape index (κ3) is 5.59. The monoisotopic (exact) mass is 408 g/mol. The molecule has 0 aliphatic carbocycles. The van der Waals surface area contributed by atoms with Crippen molar-refractivity contribution in [1.82, 2.24) is 0 Å². The molecular weight excluding hydrogens is 379 g/mol. The fourth-order valence-electron chi connectivity index (χ4n) is 3.49. The first-order chi connectivity index (χ1) is 14.6. The number of allylic oxidation sites excluding steroid dienone is 1. The van der Waals surface area contributed by atoms with Crippen LogP contribution in [0.25, 0.3) is 10.8 Å². The minimum Gasteiger partial charge on any atom is -0.491 e. The highest BCUT2D eigenvalue weighted by atomic mass is 19.1. The molecule has 0 spiro atoms. The van der Waals surface area contributed by atoms with Crippen molar-refractivity contribution in [1.29, 1.82) is 0 Å². The maximum atomic E-state index is 14.6. The fourth-order valence-corrected chi connectivity index (χ4v) is 3.49. The average Bonchev–Trinajstić information content (AvgIpc) is 2.75. The van der Waals surface area contributed by atoms with E-state index in [1.807, 2.05) is 13.0 Å². The van der Waals surface area contributed by atoms with Crippen molar-refractivity contribution in [2.45, 2.75) is 51.9 Å². The van der Waals surface area contributed by atoms with Crippen molar-refractivity contribution in [3.05, 3.63) is 88.2 Å². The minimum absolute atomic E-state index is 0.0381. The predicted octanol–water partition coefficient (Wildman–Crippen LogP) is 6.40. The second-order valence-electron chi connectivity index (χ2n) is 7.54. The Kier molecular flexibility index (Phi) is 7.83. The zero-order valence-electron chi connectivity index (χ0n) is 17.6. The van der Waals surface area contributed by atoms with Gasteiger partial charge in [0.05, 0.1) is 6.61 Å². The van der Waals surface area contributed by atoms with Gasteiger partial charge in [0.1, 0.15) is 11.1 Å². The van der Waals surface area contributed by atoms with Gasteiger partial charge in [-0.05, 0) is 67.2 Å². The SMILES string of the molecule is C=CCCc1ccc(CCCCc2cc3ccc(OCCC)c(F)c3c(=O)o2)cc1. The molecule has 3 rings (SSSR count). The van der Waals surface area contributed by atoms with E-state index in [0.717, 1.165) is 38.5 Å². The lowest BCUT2D eigenvalue weighted by atomic mass is 10.0. The standard InChI is InChI=1S/C26H29FO3/c1-3-5-8-19-11-13-20(14-12-19)9-6-7-10-22-18-21-15-16-23(29-17-4-2)25(27)24(21)26(28)30-22/h3,11-16,18H,1,4-10,17H2,2H3. The summed E-state index contributed by atoms with van der Waals surface area (Å²) in [5.41, 5.74) is 1.99. The van der Waals surface area contributed by atoms with E-state index in [0.29, 0.717) is 24.2 Å². The van der Waals surface area contributed by atoms with E-state index in [1.54, 1.807) is 18.2 Å². The van der Waals surface area contributed by atoms with Gasteiger partial charge >= 0.3 is 5.63 Å². The van der Waals surface area contributed by atoms with Crippen LogP contribution in [0.15, 0.2) is 64.3 Å². The van der Waals surface area contributed by atoms with Gasteiger partial charge in [-0.1, -0.05) is 43.3 Å². The molecule has 1 heterocycles. The van der Waals surface area contributed by atoms with E-state index in [4.69, 9.17) is 9.15 Å². The maximum Gasteiger partial charge on any atom is 0.346 e. The molecule has 0 amide bonds. The van der Waals surface area contributed by atoms with Crippen molar-refractivity contribution >= 4 is 10.8 Å². The zero-order chi connectivity index (χ0) is 21.3. The number of fused-ring (bicyclic) bond motifs is 1. The molecule has 1 aromatic heterocycles. The Morgan fingerprint density at radius 3 is 2.43 bits per heavy atom. The van der Waals surface area contributed by atoms with Gasteiger partial charge in [0.15, 0.2) is 11.6 Å². The van der Waals surface area contributed by atoms with E-state index in [9.17, 15) is 9.18 Å². The number of unbranched alkanes of at least 4 members (excludes halogenated alkanes) is 1. The Balaban J connectivity index is 1.58. The third-order valence-corrected chi connectivity index (χ3v) is 5.14. The van der Waals surface area contributed by atoms with Gasteiger partial charge in [-0.25, -0.2) is 9.18 Å². The number of hydrogen-bond acceptors (Lipinski definition) is 3.